The summed E-state index contributed by atoms with van der Waals surface area (Å²) in [7, 11) is 0. The zero-order valence-electron chi connectivity index (χ0n) is 11.2. The normalized spacial score (nSPS) is 10.3. The van der Waals surface area contributed by atoms with Crippen LogP contribution in [0.4, 0.5) is 5.69 Å². The fourth-order valence-electron chi connectivity index (χ4n) is 2.41. The van der Waals surface area contributed by atoms with Gasteiger partial charge in [-0.1, -0.05) is 60.1 Å². The van der Waals surface area contributed by atoms with Gasteiger partial charge in [0, 0.05) is 5.02 Å². The van der Waals surface area contributed by atoms with Crippen molar-refractivity contribution in [2.75, 3.05) is 0 Å². The van der Waals surface area contributed by atoms with Gasteiger partial charge in [-0.3, -0.25) is 0 Å². The monoisotopic (exact) mass is 309 g/mol. The van der Waals surface area contributed by atoms with E-state index in [9.17, 15) is 0 Å². The van der Waals surface area contributed by atoms with Crippen molar-refractivity contribution in [1.82, 2.24) is 0 Å². The Morgan fingerprint density at radius 3 is 2.57 bits per heavy atom. The second-order valence-electron chi connectivity index (χ2n) is 4.83. The summed E-state index contributed by atoms with van der Waals surface area (Å²) in [6, 6.07) is 20.5. The maximum absolute atomic E-state index is 6.01. The molecule has 0 spiro atoms. The Labute approximate surface area is 133 Å². The van der Waals surface area contributed by atoms with Crippen LogP contribution in [-0.2, 0) is 6.42 Å². The van der Waals surface area contributed by atoms with E-state index in [0.29, 0.717) is 5.02 Å². The fraction of sp³-hybridized carbons (Fsp3) is 0.0556. The number of isothiocyanates is 1. The maximum atomic E-state index is 6.01. The van der Waals surface area contributed by atoms with Gasteiger partial charge in [0.2, 0.25) is 0 Å². The molecular formula is C18H12ClNS. The average Bonchev–Trinajstić information content (AvgIpc) is 2.50. The highest BCUT2D eigenvalue weighted by atomic mass is 35.5. The molecule has 3 rings (SSSR count). The zero-order valence-corrected chi connectivity index (χ0v) is 12.8. The molecule has 0 atom stereocenters. The minimum atomic E-state index is 0.654. The number of rotatable bonds is 3. The van der Waals surface area contributed by atoms with Gasteiger partial charge < -0.3 is 0 Å². The number of halogens is 1. The molecule has 0 bridgehead atoms. The Hall–Kier alpha value is -1.99. The first-order valence-electron chi connectivity index (χ1n) is 6.60. The van der Waals surface area contributed by atoms with Crippen molar-refractivity contribution in [3.63, 3.8) is 0 Å². The van der Waals surface area contributed by atoms with Gasteiger partial charge in [0.25, 0.3) is 0 Å². The van der Waals surface area contributed by atoms with Gasteiger partial charge in [-0.25, -0.2) is 0 Å². The highest BCUT2D eigenvalue weighted by Crippen LogP contribution is 2.27. The lowest BCUT2D eigenvalue weighted by Crippen LogP contribution is -1.89. The molecule has 1 nitrogen and oxygen atoms in total. The largest absolute Gasteiger partial charge is 0.194 e. The van der Waals surface area contributed by atoms with Crippen LogP contribution in [0.5, 0.6) is 0 Å². The maximum Gasteiger partial charge on any atom is 0.0789 e. The van der Waals surface area contributed by atoms with Crippen LogP contribution < -0.4 is 0 Å². The van der Waals surface area contributed by atoms with Crippen LogP contribution >= 0.6 is 23.8 Å². The predicted molar refractivity (Wildman–Crippen MR) is 92.9 cm³/mol. The first kappa shape index (κ1) is 14.0. The standard InChI is InChI=1S/C18H12ClNS/c19-17-8-7-16(18(11-17)20-12-21)10-13-5-6-14-3-1-2-4-15(14)9-13/h1-9,11H,10H2. The third-order valence-corrected chi connectivity index (χ3v) is 3.75. The molecule has 21 heavy (non-hydrogen) atoms. The van der Waals surface area contributed by atoms with E-state index in [1.807, 2.05) is 24.3 Å². The lowest BCUT2D eigenvalue weighted by molar-refractivity contribution is 1.19. The zero-order chi connectivity index (χ0) is 14.7. The SMILES string of the molecule is S=C=Nc1cc(Cl)ccc1Cc1ccc2ccccc2c1. The summed E-state index contributed by atoms with van der Waals surface area (Å²) in [6.45, 7) is 0. The summed E-state index contributed by atoms with van der Waals surface area (Å²) in [5, 5.41) is 5.56. The molecule has 3 aromatic carbocycles. The van der Waals surface area contributed by atoms with E-state index in [1.165, 1.54) is 16.3 Å². The molecule has 3 aromatic rings. The van der Waals surface area contributed by atoms with Gasteiger partial charge in [0.15, 0.2) is 0 Å². The van der Waals surface area contributed by atoms with Crippen molar-refractivity contribution in [2.24, 2.45) is 4.99 Å². The van der Waals surface area contributed by atoms with Gasteiger partial charge in [0.1, 0.15) is 0 Å². The van der Waals surface area contributed by atoms with Crippen molar-refractivity contribution in [3.05, 3.63) is 76.8 Å². The first-order valence-corrected chi connectivity index (χ1v) is 7.39. The number of thiocarbonyl (C=S) groups is 1. The Balaban J connectivity index is 2.00. The first-order chi connectivity index (χ1) is 10.3. The molecule has 0 heterocycles. The molecule has 102 valence electrons. The summed E-state index contributed by atoms with van der Waals surface area (Å²) in [4.78, 5) is 4.11. The molecule has 0 aliphatic carbocycles. The van der Waals surface area contributed by atoms with Crippen molar-refractivity contribution in [3.8, 4) is 0 Å². The number of aliphatic imine (C=N–C) groups is 1. The van der Waals surface area contributed by atoms with E-state index in [0.717, 1.165) is 17.7 Å². The van der Waals surface area contributed by atoms with E-state index in [4.69, 9.17) is 23.8 Å². The van der Waals surface area contributed by atoms with Crippen LogP contribution in [-0.4, -0.2) is 5.16 Å². The van der Waals surface area contributed by atoms with E-state index < -0.39 is 0 Å². The minimum absolute atomic E-state index is 0.654. The third-order valence-electron chi connectivity index (χ3n) is 3.42. The van der Waals surface area contributed by atoms with Crippen molar-refractivity contribution < 1.29 is 0 Å². The number of fused-ring (bicyclic) bond motifs is 1. The van der Waals surface area contributed by atoms with Crippen LogP contribution in [0, 0.1) is 0 Å². The van der Waals surface area contributed by atoms with Crippen LogP contribution in [0.3, 0.4) is 0 Å². The Morgan fingerprint density at radius 2 is 1.76 bits per heavy atom. The predicted octanol–water partition coefficient (Wildman–Crippen LogP) is 5.82. The fourth-order valence-corrected chi connectivity index (χ4v) is 2.67. The summed E-state index contributed by atoms with van der Waals surface area (Å²) in [5.41, 5.74) is 3.11. The topological polar surface area (TPSA) is 12.4 Å². The highest BCUT2D eigenvalue weighted by molar-refractivity contribution is 7.78. The molecule has 0 amide bonds. The summed E-state index contributed by atoms with van der Waals surface area (Å²) < 4.78 is 0. The van der Waals surface area contributed by atoms with Gasteiger partial charge in [-0.15, -0.1) is 0 Å². The Morgan fingerprint density at radius 1 is 0.952 bits per heavy atom. The van der Waals surface area contributed by atoms with Crippen LogP contribution in [0.15, 0.2) is 65.7 Å². The average molecular weight is 310 g/mol. The van der Waals surface area contributed by atoms with E-state index in [-0.39, 0.29) is 0 Å². The van der Waals surface area contributed by atoms with Gasteiger partial charge in [-0.2, -0.15) is 4.99 Å². The number of hydrogen-bond acceptors (Lipinski definition) is 2. The summed E-state index contributed by atoms with van der Waals surface area (Å²) in [6.07, 6.45) is 0.790. The van der Waals surface area contributed by atoms with Crippen LogP contribution in [0.1, 0.15) is 11.1 Å². The molecule has 0 radical (unpaired) electrons. The molecule has 0 N–H and O–H groups in total. The molecule has 0 saturated heterocycles. The molecule has 0 aliphatic rings. The highest BCUT2D eigenvalue weighted by Gasteiger charge is 2.05. The molecule has 0 aliphatic heterocycles. The lowest BCUT2D eigenvalue weighted by atomic mass is 10.0. The molecule has 0 aromatic heterocycles. The summed E-state index contributed by atoms with van der Waals surface area (Å²) >= 11 is 10.7. The second kappa shape index (κ2) is 6.19. The lowest BCUT2D eigenvalue weighted by Gasteiger charge is -2.07. The number of nitrogens with zero attached hydrogens (tertiary/aromatic N) is 1. The van der Waals surface area contributed by atoms with E-state index in [2.05, 4.69) is 46.6 Å². The quantitative estimate of drug-likeness (QED) is 0.439. The van der Waals surface area contributed by atoms with Crippen molar-refractivity contribution in [1.29, 1.82) is 0 Å². The van der Waals surface area contributed by atoms with Gasteiger partial charge in [0.05, 0.1) is 10.8 Å². The molecule has 0 saturated carbocycles. The number of benzene rings is 3. The smallest absolute Gasteiger partial charge is 0.0789 e. The number of hydrogen-bond donors (Lipinski definition) is 0. The Bertz CT molecular complexity index is 851. The van der Waals surface area contributed by atoms with Gasteiger partial charge >= 0.3 is 0 Å². The van der Waals surface area contributed by atoms with Crippen molar-refractivity contribution >= 4 is 45.4 Å². The molecular weight excluding hydrogens is 298 g/mol. The third kappa shape index (κ3) is 3.20. The summed E-state index contributed by atoms with van der Waals surface area (Å²) in [5.74, 6) is 0. The molecule has 0 unspecified atom stereocenters. The van der Waals surface area contributed by atoms with Crippen LogP contribution in [0.25, 0.3) is 10.8 Å². The minimum Gasteiger partial charge on any atom is -0.194 e. The van der Waals surface area contributed by atoms with Crippen molar-refractivity contribution in [2.45, 2.75) is 6.42 Å². The van der Waals surface area contributed by atoms with Crippen LogP contribution in [0.2, 0.25) is 5.02 Å². The second-order valence-corrected chi connectivity index (χ2v) is 5.45. The van der Waals surface area contributed by atoms with E-state index in [1.54, 1.807) is 0 Å². The van der Waals surface area contributed by atoms with E-state index >= 15 is 0 Å². The Kier molecular flexibility index (Phi) is 4.12. The molecule has 3 heteroatoms. The van der Waals surface area contributed by atoms with Gasteiger partial charge in [-0.05, 0) is 52.7 Å². The molecule has 0 fully saturated rings.